The number of carbonyl (C=O) groups excluding carboxylic acids is 1. The van der Waals surface area contributed by atoms with Gasteiger partial charge in [0.25, 0.3) is 0 Å². The Hall–Kier alpha value is -2.38. The van der Waals surface area contributed by atoms with Crippen molar-refractivity contribution in [1.82, 2.24) is 4.31 Å². The lowest BCUT2D eigenvalue weighted by Crippen LogP contribution is -2.30. The molecule has 2 N–H and O–H groups in total. The second-order valence-corrected chi connectivity index (χ2v) is 8.24. The second-order valence-electron chi connectivity index (χ2n) is 6.30. The van der Waals surface area contributed by atoms with Crippen LogP contribution in [0.3, 0.4) is 0 Å². The van der Waals surface area contributed by atoms with Crippen molar-refractivity contribution in [3.8, 4) is 5.75 Å². The minimum absolute atomic E-state index is 0.0397. The molecule has 6 nitrogen and oxygen atoms in total. The first-order valence-electron chi connectivity index (χ1n) is 8.96. The van der Waals surface area contributed by atoms with E-state index in [0.717, 1.165) is 11.1 Å². The van der Waals surface area contributed by atoms with Gasteiger partial charge in [-0.05, 0) is 37.1 Å². The van der Waals surface area contributed by atoms with E-state index in [4.69, 9.17) is 0 Å². The fraction of sp³-hybridized carbons (Fsp3) is 0.350. The standard InChI is InChI=1S/C20H26N2O4S/c1-4-22(5-2)27(25,26)17-11-12-19(23)18(14-17)21-20(24)13-10-16-8-6-15(3)7-9-16/h6-9,11-12,14,23H,4-5,10,13H2,1-3H3,(H,21,24). The van der Waals surface area contributed by atoms with Crippen molar-refractivity contribution in [2.24, 2.45) is 0 Å². The van der Waals surface area contributed by atoms with Crippen LogP contribution in [0.2, 0.25) is 0 Å². The van der Waals surface area contributed by atoms with Crippen LogP contribution < -0.4 is 5.32 Å². The predicted octanol–water partition coefficient (Wildman–Crippen LogP) is 3.30. The molecule has 7 heteroatoms. The minimum Gasteiger partial charge on any atom is -0.506 e. The van der Waals surface area contributed by atoms with E-state index in [-0.39, 0.29) is 28.7 Å². The van der Waals surface area contributed by atoms with Gasteiger partial charge in [0.15, 0.2) is 0 Å². The average molecular weight is 391 g/mol. The summed E-state index contributed by atoms with van der Waals surface area (Å²) in [4.78, 5) is 12.3. The molecular formula is C20H26N2O4S. The Morgan fingerprint density at radius 3 is 2.30 bits per heavy atom. The highest BCUT2D eigenvalue weighted by molar-refractivity contribution is 7.89. The zero-order chi connectivity index (χ0) is 20.0. The summed E-state index contributed by atoms with van der Waals surface area (Å²) < 4.78 is 26.5. The number of aromatic hydroxyl groups is 1. The van der Waals surface area contributed by atoms with Gasteiger partial charge in [0.2, 0.25) is 15.9 Å². The molecule has 0 spiro atoms. The Labute approximate surface area is 160 Å². The molecule has 0 unspecified atom stereocenters. The summed E-state index contributed by atoms with van der Waals surface area (Å²) in [5.74, 6) is -0.458. The summed E-state index contributed by atoms with van der Waals surface area (Å²) in [6, 6.07) is 11.8. The molecule has 0 aliphatic carbocycles. The number of phenolic OH excluding ortho intramolecular Hbond substituents is 1. The van der Waals surface area contributed by atoms with Gasteiger partial charge in [0.1, 0.15) is 5.75 Å². The summed E-state index contributed by atoms with van der Waals surface area (Å²) in [5.41, 5.74) is 2.29. The van der Waals surface area contributed by atoms with Gasteiger partial charge in [-0.3, -0.25) is 4.79 Å². The molecule has 1 amide bonds. The molecule has 0 radical (unpaired) electrons. The molecule has 2 rings (SSSR count). The molecule has 0 heterocycles. The SMILES string of the molecule is CCN(CC)S(=O)(=O)c1ccc(O)c(NC(=O)CCc2ccc(C)cc2)c1. The maximum absolute atomic E-state index is 12.6. The number of rotatable bonds is 8. The summed E-state index contributed by atoms with van der Waals surface area (Å²) in [7, 11) is -3.66. The fourth-order valence-electron chi connectivity index (χ4n) is 2.71. The van der Waals surface area contributed by atoms with Crippen molar-refractivity contribution in [1.29, 1.82) is 0 Å². The third-order valence-corrected chi connectivity index (χ3v) is 6.39. The van der Waals surface area contributed by atoms with E-state index in [0.29, 0.717) is 19.5 Å². The van der Waals surface area contributed by atoms with Crippen LogP contribution in [0.4, 0.5) is 5.69 Å². The smallest absolute Gasteiger partial charge is 0.243 e. The summed E-state index contributed by atoms with van der Waals surface area (Å²) >= 11 is 0. The Bertz CT molecular complexity index is 889. The molecule has 0 aromatic heterocycles. The number of sulfonamides is 1. The van der Waals surface area contributed by atoms with Crippen LogP contribution in [-0.2, 0) is 21.2 Å². The molecule has 27 heavy (non-hydrogen) atoms. The van der Waals surface area contributed by atoms with E-state index in [1.165, 1.54) is 22.5 Å². The first-order chi connectivity index (χ1) is 12.8. The zero-order valence-electron chi connectivity index (χ0n) is 15.9. The first kappa shape index (κ1) is 20.9. The van der Waals surface area contributed by atoms with Gasteiger partial charge >= 0.3 is 0 Å². The quantitative estimate of drug-likeness (QED) is 0.677. The lowest BCUT2D eigenvalue weighted by molar-refractivity contribution is -0.116. The van der Waals surface area contributed by atoms with E-state index in [1.807, 2.05) is 31.2 Å². The van der Waals surface area contributed by atoms with Crippen LogP contribution in [-0.4, -0.2) is 36.8 Å². The first-order valence-corrected chi connectivity index (χ1v) is 10.4. The highest BCUT2D eigenvalue weighted by Gasteiger charge is 2.23. The molecule has 0 saturated heterocycles. The third kappa shape index (κ3) is 5.30. The van der Waals surface area contributed by atoms with E-state index in [9.17, 15) is 18.3 Å². The fourth-order valence-corrected chi connectivity index (χ4v) is 4.20. The van der Waals surface area contributed by atoms with Crippen molar-refractivity contribution in [2.75, 3.05) is 18.4 Å². The number of hydrogen-bond acceptors (Lipinski definition) is 4. The monoisotopic (exact) mass is 390 g/mol. The Kier molecular flexibility index (Phi) is 6.98. The van der Waals surface area contributed by atoms with Crippen LogP contribution in [0.25, 0.3) is 0 Å². The van der Waals surface area contributed by atoms with Crippen molar-refractivity contribution in [3.05, 3.63) is 53.6 Å². The summed E-state index contributed by atoms with van der Waals surface area (Å²) in [6.07, 6.45) is 0.792. The predicted molar refractivity (Wildman–Crippen MR) is 106 cm³/mol. The summed E-state index contributed by atoms with van der Waals surface area (Å²) in [5, 5.41) is 12.6. The van der Waals surface area contributed by atoms with Crippen LogP contribution in [0.15, 0.2) is 47.4 Å². The number of nitrogens with one attached hydrogen (secondary N) is 1. The molecule has 0 atom stereocenters. The number of carbonyl (C=O) groups is 1. The van der Waals surface area contributed by atoms with Gasteiger partial charge < -0.3 is 10.4 Å². The van der Waals surface area contributed by atoms with Crippen LogP contribution in [0, 0.1) is 6.92 Å². The number of nitrogens with zero attached hydrogens (tertiary/aromatic N) is 1. The Morgan fingerprint density at radius 1 is 1.07 bits per heavy atom. The number of hydrogen-bond donors (Lipinski definition) is 2. The van der Waals surface area contributed by atoms with Crippen molar-refractivity contribution >= 4 is 21.6 Å². The van der Waals surface area contributed by atoms with Gasteiger partial charge in [-0.25, -0.2) is 8.42 Å². The molecule has 0 aliphatic heterocycles. The van der Waals surface area contributed by atoms with Crippen LogP contribution in [0.5, 0.6) is 5.75 Å². The average Bonchev–Trinajstić information content (AvgIpc) is 2.63. The molecule has 0 fully saturated rings. The molecular weight excluding hydrogens is 364 g/mol. The minimum atomic E-state index is -3.66. The van der Waals surface area contributed by atoms with Crippen molar-refractivity contribution in [3.63, 3.8) is 0 Å². The van der Waals surface area contributed by atoms with E-state index in [2.05, 4.69) is 5.32 Å². The van der Waals surface area contributed by atoms with Crippen LogP contribution >= 0.6 is 0 Å². The van der Waals surface area contributed by atoms with Gasteiger partial charge in [-0.15, -0.1) is 0 Å². The third-order valence-electron chi connectivity index (χ3n) is 4.35. The summed E-state index contributed by atoms with van der Waals surface area (Å²) in [6.45, 7) is 6.21. The van der Waals surface area contributed by atoms with Gasteiger partial charge in [0.05, 0.1) is 10.6 Å². The lowest BCUT2D eigenvalue weighted by Gasteiger charge is -2.19. The van der Waals surface area contributed by atoms with Gasteiger partial charge in [-0.1, -0.05) is 43.7 Å². The Morgan fingerprint density at radius 2 is 1.70 bits per heavy atom. The highest BCUT2D eigenvalue weighted by atomic mass is 32.2. The van der Waals surface area contributed by atoms with Gasteiger partial charge in [0, 0.05) is 19.5 Å². The normalized spacial score (nSPS) is 11.6. The number of aryl methyl sites for hydroxylation is 2. The Balaban J connectivity index is 2.11. The second kappa shape index (κ2) is 9.01. The highest BCUT2D eigenvalue weighted by Crippen LogP contribution is 2.28. The van der Waals surface area contributed by atoms with E-state index in [1.54, 1.807) is 13.8 Å². The number of benzene rings is 2. The maximum atomic E-state index is 12.6. The molecule has 0 saturated carbocycles. The van der Waals surface area contributed by atoms with Crippen molar-refractivity contribution < 1.29 is 18.3 Å². The number of phenols is 1. The number of anilines is 1. The molecule has 0 bridgehead atoms. The maximum Gasteiger partial charge on any atom is 0.243 e. The molecule has 2 aromatic carbocycles. The van der Waals surface area contributed by atoms with E-state index >= 15 is 0 Å². The molecule has 0 aliphatic rings. The largest absolute Gasteiger partial charge is 0.506 e. The zero-order valence-corrected chi connectivity index (χ0v) is 16.7. The van der Waals surface area contributed by atoms with Crippen molar-refractivity contribution in [2.45, 2.75) is 38.5 Å². The van der Waals surface area contributed by atoms with Crippen LogP contribution in [0.1, 0.15) is 31.4 Å². The topological polar surface area (TPSA) is 86.7 Å². The molecule has 2 aromatic rings. The van der Waals surface area contributed by atoms with Gasteiger partial charge in [-0.2, -0.15) is 4.31 Å². The lowest BCUT2D eigenvalue weighted by atomic mass is 10.1. The number of amides is 1. The molecule has 146 valence electrons. The van der Waals surface area contributed by atoms with E-state index < -0.39 is 10.0 Å².